The topological polar surface area (TPSA) is 52.1 Å². The summed E-state index contributed by atoms with van der Waals surface area (Å²) in [4.78, 5) is 10.3. The number of morpholine rings is 1. The van der Waals surface area contributed by atoms with Gasteiger partial charge in [0.25, 0.3) is 0 Å². The second-order valence-electron chi connectivity index (χ2n) is 8.48. The first-order valence-electron chi connectivity index (χ1n) is 11.4. The van der Waals surface area contributed by atoms with Crippen LogP contribution in [0.5, 0.6) is 0 Å². The lowest BCUT2D eigenvalue weighted by atomic mass is 9.96. The first-order valence-corrected chi connectivity index (χ1v) is 12.6. The summed E-state index contributed by atoms with van der Waals surface area (Å²) in [6.45, 7) is 13.6. The monoisotopic (exact) mass is 411 g/mol. The lowest BCUT2D eigenvalue weighted by Gasteiger charge is -2.42. The number of nitrogens with zero attached hydrogens (tertiary/aromatic N) is 3. The van der Waals surface area contributed by atoms with Gasteiger partial charge in [0.1, 0.15) is 0 Å². The summed E-state index contributed by atoms with van der Waals surface area (Å²) in [5.74, 6) is 3.44. The number of hydrogen-bond acceptors (Lipinski definition) is 5. The zero-order valence-corrected chi connectivity index (χ0v) is 18.9. The number of piperidine rings is 1. The minimum atomic E-state index is 0.222. The van der Waals surface area contributed by atoms with Crippen LogP contribution in [0.15, 0.2) is 4.99 Å². The maximum Gasteiger partial charge on any atom is 0.191 e. The molecule has 3 saturated heterocycles. The third kappa shape index (κ3) is 6.25. The molecule has 3 fully saturated rings. The van der Waals surface area contributed by atoms with Crippen LogP contribution in [0, 0.1) is 0 Å². The van der Waals surface area contributed by atoms with E-state index >= 15 is 0 Å². The van der Waals surface area contributed by atoms with E-state index in [2.05, 4.69) is 46.0 Å². The van der Waals surface area contributed by atoms with E-state index in [0.29, 0.717) is 0 Å². The summed E-state index contributed by atoms with van der Waals surface area (Å²) < 4.78 is 5.58. The largest absolute Gasteiger partial charge is 0.379 e. The molecule has 2 atom stereocenters. The molecule has 3 aliphatic heterocycles. The summed E-state index contributed by atoms with van der Waals surface area (Å²) in [6, 6.07) is 0.754. The third-order valence-corrected chi connectivity index (χ3v) is 7.73. The standard InChI is InChI=1S/C21H41N5OS/c1-3-22-20(23-9-6-11-25-10-5-4-7-19(25)2)24-17-21(8-16-28-18-21)26-12-14-27-15-13-26/h19H,3-18H2,1-2H3,(H2,22,23,24). The smallest absolute Gasteiger partial charge is 0.191 e. The van der Waals surface area contributed by atoms with E-state index in [1.54, 1.807) is 0 Å². The van der Waals surface area contributed by atoms with Crippen molar-refractivity contribution >= 4 is 17.7 Å². The Labute approximate surface area is 176 Å². The van der Waals surface area contributed by atoms with E-state index < -0.39 is 0 Å². The fourth-order valence-electron chi connectivity index (χ4n) is 4.65. The highest BCUT2D eigenvalue weighted by Gasteiger charge is 2.40. The lowest BCUT2D eigenvalue weighted by molar-refractivity contribution is -0.0104. The van der Waals surface area contributed by atoms with Crippen LogP contribution in [-0.4, -0.2) is 97.9 Å². The van der Waals surface area contributed by atoms with Crippen molar-refractivity contribution in [1.82, 2.24) is 20.4 Å². The third-order valence-electron chi connectivity index (χ3n) is 6.50. The Kier molecular flexibility index (Phi) is 9.21. The van der Waals surface area contributed by atoms with Crippen molar-refractivity contribution in [2.45, 2.75) is 57.5 Å². The molecule has 0 aromatic heterocycles. The summed E-state index contributed by atoms with van der Waals surface area (Å²) in [5.41, 5.74) is 0.222. The highest BCUT2D eigenvalue weighted by atomic mass is 32.2. The second-order valence-corrected chi connectivity index (χ2v) is 9.59. The number of guanidine groups is 1. The minimum absolute atomic E-state index is 0.222. The van der Waals surface area contributed by atoms with Gasteiger partial charge in [0.15, 0.2) is 5.96 Å². The Morgan fingerprint density at radius 1 is 1.21 bits per heavy atom. The zero-order chi connectivity index (χ0) is 19.7. The SMILES string of the molecule is CCNC(=NCC1(N2CCOCC2)CCSC1)NCCCN1CCCCC1C. The fraction of sp³-hybridized carbons (Fsp3) is 0.952. The van der Waals surface area contributed by atoms with Crippen molar-refractivity contribution in [3.05, 3.63) is 0 Å². The van der Waals surface area contributed by atoms with Gasteiger partial charge in [-0.3, -0.25) is 9.89 Å². The van der Waals surface area contributed by atoms with E-state index in [9.17, 15) is 0 Å². The molecule has 0 spiro atoms. The van der Waals surface area contributed by atoms with Gasteiger partial charge in [-0.15, -0.1) is 0 Å². The number of nitrogens with one attached hydrogen (secondary N) is 2. The number of aliphatic imine (C=N–C) groups is 1. The van der Waals surface area contributed by atoms with Crippen LogP contribution in [0.3, 0.4) is 0 Å². The highest BCUT2D eigenvalue weighted by Crippen LogP contribution is 2.34. The van der Waals surface area contributed by atoms with Crippen LogP contribution in [0.1, 0.15) is 46.0 Å². The molecule has 3 aliphatic rings. The van der Waals surface area contributed by atoms with Gasteiger partial charge in [-0.25, -0.2) is 0 Å². The highest BCUT2D eigenvalue weighted by molar-refractivity contribution is 7.99. The van der Waals surface area contributed by atoms with Gasteiger partial charge in [0.05, 0.1) is 25.3 Å². The predicted octanol–water partition coefficient (Wildman–Crippen LogP) is 2.01. The molecule has 162 valence electrons. The van der Waals surface area contributed by atoms with Gasteiger partial charge in [0.2, 0.25) is 0 Å². The van der Waals surface area contributed by atoms with Crippen molar-refractivity contribution in [2.24, 2.45) is 4.99 Å². The van der Waals surface area contributed by atoms with Crippen LogP contribution in [0.4, 0.5) is 0 Å². The Hall–Kier alpha value is -0.500. The van der Waals surface area contributed by atoms with Gasteiger partial charge in [0, 0.05) is 44.5 Å². The quantitative estimate of drug-likeness (QED) is 0.362. The van der Waals surface area contributed by atoms with Gasteiger partial charge in [-0.1, -0.05) is 6.42 Å². The molecule has 7 heteroatoms. The van der Waals surface area contributed by atoms with Crippen LogP contribution in [0.2, 0.25) is 0 Å². The molecule has 0 aromatic carbocycles. The number of likely N-dealkylation sites (tertiary alicyclic amines) is 1. The summed E-state index contributed by atoms with van der Waals surface area (Å²) in [7, 11) is 0. The van der Waals surface area contributed by atoms with Gasteiger partial charge >= 0.3 is 0 Å². The summed E-state index contributed by atoms with van der Waals surface area (Å²) in [6.07, 6.45) is 6.55. The molecule has 3 rings (SSSR count). The van der Waals surface area contributed by atoms with E-state index in [1.165, 1.54) is 56.7 Å². The number of rotatable bonds is 8. The summed E-state index contributed by atoms with van der Waals surface area (Å²) in [5, 5.41) is 7.03. The zero-order valence-electron chi connectivity index (χ0n) is 18.0. The molecule has 0 amide bonds. The average Bonchev–Trinajstić information content (AvgIpc) is 3.21. The van der Waals surface area contributed by atoms with Gasteiger partial charge < -0.3 is 20.3 Å². The van der Waals surface area contributed by atoms with Crippen molar-refractivity contribution in [2.75, 3.05) is 70.5 Å². The molecule has 3 heterocycles. The van der Waals surface area contributed by atoms with Gasteiger partial charge in [-0.05, 0) is 51.8 Å². The fourth-order valence-corrected chi connectivity index (χ4v) is 6.12. The Balaban J connectivity index is 1.48. The Morgan fingerprint density at radius 3 is 2.79 bits per heavy atom. The molecular weight excluding hydrogens is 370 g/mol. The van der Waals surface area contributed by atoms with E-state index in [0.717, 1.165) is 57.9 Å². The summed E-state index contributed by atoms with van der Waals surface area (Å²) >= 11 is 2.08. The Bertz CT molecular complexity index is 477. The van der Waals surface area contributed by atoms with Crippen molar-refractivity contribution in [3.8, 4) is 0 Å². The molecule has 6 nitrogen and oxygen atoms in total. The van der Waals surface area contributed by atoms with Crippen LogP contribution < -0.4 is 10.6 Å². The molecule has 0 bridgehead atoms. The molecule has 2 N–H and O–H groups in total. The maximum atomic E-state index is 5.58. The van der Waals surface area contributed by atoms with Gasteiger partial charge in [-0.2, -0.15) is 11.8 Å². The molecule has 0 aromatic rings. The average molecular weight is 412 g/mol. The van der Waals surface area contributed by atoms with Crippen molar-refractivity contribution in [3.63, 3.8) is 0 Å². The maximum absolute atomic E-state index is 5.58. The van der Waals surface area contributed by atoms with E-state index in [1.807, 2.05) is 0 Å². The molecule has 0 saturated carbocycles. The molecule has 0 aliphatic carbocycles. The number of thioether (sulfide) groups is 1. The van der Waals surface area contributed by atoms with Crippen molar-refractivity contribution in [1.29, 1.82) is 0 Å². The van der Waals surface area contributed by atoms with E-state index in [4.69, 9.17) is 9.73 Å². The van der Waals surface area contributed by atoms with Crippen LogP contribution in [0.25, 0.3) is 0 Å². The normalized spacial score (nSPS) is 30.5. The van der Waals surface area contributed by atoms with E-state index in [-0.39, 0.29) is 5.54 Å². The molecule has 28 heavy (non-hydrogen) atoms. The number of hydrogen-bond donors (Lipinski definition) is 2. The molecule has 2 unspecified atom stereocenters. The van der Waals surface area contributed by atoms with Crippen molar-refractivity contribution < 1.29 is 4.74 Å². The van der Waals surface area contributed by atoms with Crippen LogP contribution >= 0.6 is 11.8 Å². The van der Waals surface area contributed by atoms with Crippen LogP contribution in [-0.2, 0) is 4.74 Å². The lowest BCUT2D eigenvalue weighted by Crippen LogP contribution is -2.56. The number of ether oxygens (including phenoxy) is 1. The molecular formula is C21H41N5OS. The molecule has 0 radical (unpaired) electrons. The first-order chi connectivity index (χ1) is 13.7. The first kappa shape index (κ1) is 22.2. The predicted molar refractivity (Wildman–Crippen MR) is 121 cm³/mol. The Morgan fingerprint density at radius 2 is 2.07 bits per heavy atom. The minimum Gasteiger partial charge on any atom is -0.379 e. The second kappa shape index (κ2) is 11.6.